The van der Waals surface area contributed by atoms with E-state index in [1.165, 1.54) is 17.8 Å². The lowest BCUT2D eigenvalue weighted by Gasteiger charge is -1.90. The topological polar surface area (TPSA) is 63.1 Å². The van der Waals surface area contributed by atoms with E-state index in [1.807, 2.05) is 6.92 Å². The summed E-state index contributed by atoms with van der Waals surface area (Å²) in [5.74, 6) is -0.878. The summed E-state index contributed by atoms with van der Waals surface area (Å²) >= 11 is 1.50. The van der Waals surface area contributed by atoms with E-state index in [1.54, 1.807) is 0 Å². The zero-order chi connectivity index (χ0) is 8.97. The summed E-state index contributed by atoms with van der Waals surface area (Å²) in [6, 6.07) is 0. The van der Waals surface area contributed by atoms with Crippen LogP contribution in [-0.4, -0.2) is 21.3 Å². The van der Waals surface area contributed by atoms with Gasteiger partial charge in [-0.2, -0.15) is 0 Å². The molecule has 0 atom stereocenters. The molecular weight excluding hydrogens is 176 g/mol. The molecule has 0 amide bonds. The van der Waals surface area contributed by atoms with Crippen LogP contribution in [0, 0.1) is 13.3 Å². The Kier molecular flexibility index (Phi) is 3.16. The van der Waals surface area contributed by atoms with Crippen molar-refractivity contribution in [3.63, 3.8) is 0 Å². The molecule has 0 unspecified atom stereocenters. The fraction of sp³-hybridized carbons (Fsp3) is 0.429. The highest BCUT2D eigenvalue weighted by Gasteiger charge is 2.02. The molecule has 1 N–H and O–H groups in total. The molecule has 4 nitrogen and oxygen atoms in total. The standard InChI is InChI=1S/C7H9N2O2S/c1-5-8-9-6(12-5)3-2-4-7(10)11/h4H,2-3H2,1H3,(H,10,11). The van der Waals surface area contributed by atoms with Crippen LogP contribution in [0.4, 0.5) is 0 Å². The summed E-state index contributed by atoms with van der Waals surface area (Å²) in [6.07, 6.45) is 2.42. The highest BCUT2D eigenvalue weighted by Crippen LogP contribution is 2.10. The molecule has 0 saturated carbocycles. The summed E-state index contributed by atoms with van der Waals surface area (Å²) in [6.45, 7) is 1.88. The highest BCUT2D eigenvalue weighted by atomic mass is 32.1. The number of carboxylic acids is 1. The number of carbonyl (C=O) groups is 1. The van der Waals surface area contributed by atoms with Gasteiger partial charge in [-0.15, -0.1) is 21.5 Å². The third kappa shape index (κ3) is 2.96. The molecule has 1 aromatic rings. The maximum Gasteiger partial charge on any atom is 0.307 e. The Morgan fingerprint density at radius 3 is 2.92 bits per heavy atom. The summed E-state index contributed by atoms with van der Waals surface area (Å²) in [5, 5.41) is 17.8. The number of carboxylic acid groups (broad SMARTS) is 1. The SMILES string of the molecule is Cc1nnc(CC[CH]C(=O)O)s1. The van der Waals surface area contributed by atoms with Gasteiger partial charge in [0.1, 0.15) is 10.0 Å². The number of nitrogens with zero attached hydrogens (tertiary/aromatic N) is 2. The first-order valence-electron chi connectivity index (χ1n) is 3.53. The zero-order valence-electron chi connectivity index (χ0n) is 6.65. The van der Waals surface area contributed by atoms with Gasteiger partial charge in [0, 0.05) is 6.42 Å². The van der Waals surface area contributed by atoms with E-state index < -0.39 is 5.97 Å². The van der Waals surface area contributed by atoms with Crippen LogP contribution in [0.15, 0.2) is 0 Å². The maximum atomic E-state index is 10.1. The molecule has 12 heavy (non-hydrogen) atoms. The van der Waals surface area contributed by atoms with Crippen LogP contribution < -0.4 is 0 Å². The van der Waals surface area contributed by atoms with Crippen LogP contribution in [0.2, 0.25) is 0 Å². The van der Waals surface area contributed by atoms with Crippen LogP contribution in [0.3, 0.4) is 0 Å². The molecule has 65 valence electrons. The van der Waals surface area contributed by atoms with E-state index >= 15 is 0 Å². The molecule has 0 fully saturated rings. The average molecular weight is 185 g/mol. The van der Waals surface area contributed by atoms with E-state index in [2.05, 4.69) is 10.2 Å². The second kappa shape index (κ2) is 4.15. The van der Waals surface area contributed by atoms with Gasteiger partial charge in [0.2, 0.25) is 0 Å². The zero-order valence-corrected chi connectivity index (χ0v) is 7.47. The molecule has 0 aliphatic rings. The Labute approximate surface area is 74.3 Å². The van der Waals surface area contributed by atoms with E-state index in [9.17, 15) is 4.79 Å². The maximum absolute atomic E-state index is 10.1. The van der Waals surface area contributed by atoms with Crippen LogP contribution >= 0.6 is 11.3 Å². The highest BCUT2D eigenvalue weighted by molar-refractivity contribution is 7.11. The van der Waals surface area contributed by atoms with Gasteiger partial charge in [-0.1, -0.05) is 0 Å². The van der Waals surface area contributed by atoms with Crippen LogP contribution in [0.1, 0.15) is 16.4 Å². The molecule has 0 aliphatic heterocycles. The number of aryl methyl sites for hydroxylation is 2. The van der Waals surface area contributed by atoms with Gasteiger partial charge < -0.3 is 5.11 Å². The lowest BCUT2D eigenvalue weighted by atomic mass is 10.2. The number of aliphatic carboxylic acids is 1. The molecule has 1 heterocycles. The molecule has 0 spiro atoms. The van der Waals surface area contributed by atoms with E-state index in [0.29, 0.717) is 12.8 Å². The normalized spacial score (nSPS) is 10.1. The third-order valence-electron chi connectivity index (χ3n) is 1.25. The summed E-state index contributed by atoms with van der Waals surface area (Å²) < 4.78 is 0. The Balaban J connectivity index is 2.29. The number of hydrogen-bond acceptors (Lipinski definition) is 4. The second-order valence-corrected chi connectivity index (χ2v) is 3.56. The summed E-state index contributed by atoms with van der Waals surface area (Å²) in [5.41, 5.74) is 0. The average Bonchev–Trinajstić information content (AvgIpc) is 2.35. The van der Waals surface area contributed by atoms with Crippen molar-refractivity contribution in [1.82, 2.24) is 10.2 Å². The number of aromatic nitrogens is 2. The fourth-order valence-corrected chi connectivity index (χ4v) is 1.48. The largest absolute Gasteiger partial charge is 0.481 e. The van der Waals surface area contributed by atoms with Gasteiger partial charge in [-0.05, 0) is 13.3 Å². The van der Waals surface area contributed by atoms with E-state index in [0.717, 1.165) is 10.0 Å². The monoisotopic (exact) mass is 185 g/mol. The molecular formula is C7H9N2O2S. The minimum Gasteiger partial charge on any atom is -0.481 e. The van der Waals surface area contributed by atoms with Gasteiger partial charge >= 0.3 is 5.97 Å². The van der Waals surface area contributed by atoms with Gasteiger partial charge in [-0.3, -0.25) is 4.79 Å². The minimum absolute atomic E-state index is 0.518. The van der Waals surface area contributed by atoms with Gasteiger partial charge in [0.25, 0.3) is 0 Å². The number of hydrogen-bond donors (Lipinski definition) is 1. The van der Waals surface area contributed by atoms with Crippen molar-refractivity contribution in [1.29, 1.82) is 0 Å². The smallest absolute Gasteiger partial charge is 0.307 e. The Morgan fingerprint density at radius 1 is 1.67 bits per heavy atom. The van der Waals surface area contributed by atoms with E-state index in [4.69, 9.17) is 5.11 Å². The van der Waals surface area contributed by atoms with Crippen LogP contribution in [-0.2, 0) is 11.2 Å². The van der Waals surface area contributed by atoms with Crippen molar-refractivity contribution in [3.05, 3.63) is 16.4 Å². The fourth-order valence-electron chi connectivity index (χ4n) is 0.758. The second-order valence-electron chi connectivity index (χ2n) is 2.30. The first-order valence-corrected chi connectivity index (χ1v) is 4.35. The van der Waals surface area contributed by atoms with Crippen molar-refractivity contribution in [3.8, 4) is 0 Å². The lowest BCUT2D eigenvalue weighted by Crippen LogP contribution is -1.96. The Hall–Kier alpha value is -0.970. The van der Waals surface area contributed by atoms with Gasteiger partial charge in [-0.25, -0.2) is 0 Å². The summed E-state index contributed by atoms with van der Waals surface area (Å²) in [7, 11) is 0. The molecule has 0 bridgehead atoms. The van der Waals surface area contributed by atoms with Crippen molar-refractivity contribution in [2.45, 2.75) is 19.8 Å². The first-order chi connectivity index (χ1) is 5.68. The number of rotatable bonds is 4. The van der Waals surface area contributed by atoms with Gasteiger partial charge in [0.15, 0.2) is 0 Å². The first kappa shape index (κ1) is 9.12. The predicted octanol–water partition coefficient (Wildman–Crippen LogP) is 1.07. The summed E-state index contributed by atoms with van der Waals surface area (Å²) in [4.78, 5) is 10.1. The molecule has 1 aromatic heterocycles. The minimum atomic E-state index is -0.878. The van der Waals surface area contributed by atoms with Crippen molar-refractivity contribution < 1.29 is 9.90 Å². The predicted molar refractivity (Wildman–Crippen MR) is 44.9 cm³/mol. The van der Waals surface area contributed by atoms with E-state index in [-0.39, 0.29) is 0 Å². The van der Waals surface area contributed by atoms with Crippen LogP contribution in [0.25, 0.3) is 0 Å². The Bertz CT molecular complexity index is 272. The third-order valence-corrected chi connectivity index (χ3v) is 2.14. The molecule has 1 radical (unpaired) electrons. The van der Waals surface area contributed by atoms with Crippen LogP contribution in [0.5, 0.6) is 0 Å². The lowest BCUT2D eigenvalue weighted by molar-refractivity contribution is -0.133. The molecule has 0 saturated heterocycles. The van der Waals surface area contributed by atoms with Crippen molar-refractivity contribution in [2.24, 2.45) is 0 Å². The molecule has 0 aliphatic carbocycles. The molecule has 5 heteroatoms. The van der Waals surface area contributed by atoms with Gasteiger partial charge in [0.05, 0.1) is 6.42 Å². The molecule has 0 aromatic carbocycles. The van der Waals surface area contributed by atoms with Crippen molar-refractivity contribution >= 4 is 17.3 Å². The quantitative estimate of drug-likeness (QED) is 0.762. The molecule has 1 rings (SSSR count). The Morgan fingerprint density at radius 2 is 2.42 bits per heavy atom. The van der Waals surface area contributed by atoms with Crippen molar-refractivity contribution in [2.75, 3.05) is 0 Å².